The van der Waals surface area contributed by atoms with E-state index in [9.17, 15) is 0 Å². The molecule has 4 nitrogen and oxygen atoms in total. The number of nitrogens with two attached hydrogens (primary N) is 1. The lowest BCUT2D eigenvalue weighted by Crippen LogP contribution is -2.29. The summed E-state index contributed by atoms with van der Waals surface area (Å²) in [5, 5.41) is 12.5. The zero-order valence-electron chi connectivity index (χ0n) is 10.7. The summed E-state index contributed by atoms with van der Waals surface area (Å²) in [6.07, 6.45) is 2.07. The van der Waals surface area contributed by atoms with Crippen LogP contribution in [0.1, 0.15) is 36.7 Å². The summed E-state index contributed by atoms with van der Waals surface area (Å²) in [4.78, 5) is 4.29. The molecule has 0 radical (unpaired) electrons. The van der Waals surface area contributed by atoms with Crippen molar-refractivity contribution in [2.45, 2.75) is 39.7 Å². The molecule has 1 aromatic rings. The third-order valence-electron chi connectivity index (χ3n) is 2.72. The van der Waals surface area contributed by atoms with E-state index in [1.165, 1.54) is 0 Å². The molecule has 1 rings (SSSR count). The van der Waals surface area contributed by atoms with Crippen LogP contribution in [0.2, 0.25) is 0 Å². The zero-order valence-corrected chi connectivity index (χ0v) is 10.7. The lowest BCUT2D eigenvalue weighted by molar-refractivity contribution is 0.648. The number of hydrogen-bond donors (Lipinski definition) is 2. The second kappa shape index (κ2) is 6.21. The second-order valence-corrected chi connectivity index (χ2v) is 4.25. The third-order valence-corrected chi connectivity index (χ3v) is 2.72. The molecule has 0 fully saturated rings. The Labute approximate surface area is 103 Å². The number of pyridine rings is 1. The van der Waals surface area contributed by atoms with Gasteiger partial charge >= 0.3 is 0 Å². The van der Waals surface area contributed by atoms with E-state index in [0.717, 1.165) is 29.9 Å². The number of anilines is 1. The molecule has 0 aliphatic rings. The lowest BCUT2D eigenvalue weighted by Gasteiger charge is -2.19. The molecule has 17 heavy (non-hydrogen) atoms. The van der Waals surface area contributed by atoms with Crippen molar-refractivity contribution in [3.8, 4) is 6.07 Å². The van der Waals surface area contributed by atoms with Crippen LogP contribution in [-0.2, 0) is 0 Å². The average Bonchev–Trinajstić information content (AvgIpc) is 2.28. The summed E-state index contributed by atoms with van der Waals surface area (Å²) in [6, 6.07) is 4.32. The first-order chi connectivity index (χ1) is 8.12. The topological polar surface area (TPSA) is 74.7 Å². The van der Waals surface area contributed by atoms with Gasteiger partial charge in [-0.05, 0) is 26.3 Å². The molecule has 0 saturated heterocycles. The van der Waals surface area contributed by atoms with E-state index in [-0.39, 0.29) is 6.04 Å². The van der Waals surface area contributed by atoms with E-state index in [2.05, 4.69) is 23.3 Å². The number of aromatic nitrogens is 1. The van der Waals surface area contributed by atoms with Gasteiger partial charge in [0.05, 0.1) is 16.9 Å². The molecule has 92 valence electrons. The van der Waals surface area contributed by atoms with Gasteiger partial charge in [-0.2, -0.15) is 5.26 Å². The first-order valence-corrected chi connectivity index (χ1v) is 5.97. The molecule has 0 aromatic carbocycles. The minimum absolute atomic E-state index is 0.216. The summed E-state index contributed by atoms with van der Waals surface area (Å²) in [5.41, 5.74) is 8.86. The Bertz CT molecular complexity index is 420. The number of nitrogens with zero attached hydrogens (tertiary/aromatic N) is 2. The Morgan fingerprint density at radius 1 is 1.53 bits per heavy atom. The molecular formula is C13H20N4. The molecule has 1 atom stereocenters. The SMILES string of the molecule is CCCC(CN)Nc1cc(C)nc(C)c1C#N. The van der Waals surface area contributed by atoms with Crippen molar-refractivity contribution >= 4 is 5.69 Å². The summed E-state index contributed by atoms with van der Waals surface area (Å²) >= 11 is 0. The van der Waals surface area contributed by atoms with Crippen LogP contribution in [-0.4, -0.2) is 17.6 Å². The van der Waals surface area contributed by atoms with Gasteiger partial charge in [-0.1, -0.05) is 13.3 Å². The van der Waals surface area contributed by atoms with E-state index >= 15 is 0 Å². The maximum atomic E-state index is 9.14. The third kappa shape index (κ3) is 3.43. The summed E-state index contributed by atoms with van der Waals surface area (Å²) in [6.45, 7) is 6.47. The summed E-state index contributed by atoms with van der Waals surface area (Å²) < 4.78 is 0. The Kier molecular flexibility index (Phi) is 4.92. The fourth-order valence-electron chi connectivity index (χ4n) is 1.90. The number of hydrogen-bond acceptors (Lipinski definition) is 4. The van der Waals surface area contributed by atoms with E-state index in [4.69, 9.17) is 11.0 Å². The molecule has 1 heterocycles. The Hall–Kier alpha value is -1.60. The van der Waals surface area contributed by atoms with Gasteiger partial charge < -0.3 is 11.1 Å². The smallest absolute Gasteiger partial charge is 0.103 e. The Morgan fingerprint density at radius 2 is 2.24 bits per heavy atom. The van der Waals surface area contributed by atoms with Crippen molar-refractivity contribution < 1.29 is 0 Å². The molecular weight excluding hydrogens is 212 g/mol. The van der Waals surface area contributed by atoms with Gasteiger partial charge in [0.25, 0.3) is 0 Å². The predicted octanol–water partition coefficient (Wildman–Crippen LogP) is 2.11. The molecule has 0 bridgehead atoms. The Balaban J connectivity index is 3.00. The maximum absolute atomic E-state index is 9.14. The van der Waals surface area contributed by atoms with Crippen molar-refractivity contribution in [1.82, 2.24) is 4.98 Å². The van der Waals surface area contributed by atoms with Crippen LogP contribution in [0, 0.1) is 25.2 Å². The average molecular weight is 232 g/mol. The number of aryl methyl sites for hydroxylation is 2. The van der Waals surface area contributed by atoms with Gasteiger partial charge in [0.15, 0.2) is 0 Å². The second-order valence-electron chi connectivity index (χ2n) is 4.25. The highest BCUT2D eigenvalue weighted by Gasteiger charge is 2.11. The fourth-order valence-corrected chi connectivity index (χ4v) is 1.90. The van der Waals surface area contributed by atoms with Crippen LogP contribution in [0.25, 0.3) is 0 Å². The summed E-state index contributed by atoms with van der Waals surface area (Å²) in [7, 11) is 0. The minimum Gasteiger partial charge on any atom is -0.380 e. The highest BCUT2D eigenvalue weighted by atomic mass is 14.9. The van der Waals surface area contributed by atoms with Crippen molar-refractivity contribution in [1.29, 1.82) is 5.26 Å². The van der Waals surface area contributed by atoms with Crippen LogP contribution in [0.3, 0.4) is 0 Å². The molecule has 1 aromatic heterocycles. The standard InChI is InChI=1S/C13H20N4/c1-4-5-11(7-14)17-13-6-9(2)16-10(3)12(13)8-15/h6,11H,4-5,7,14H2,1-3H3,(H,16,17). The van der Waals surface area contributed by atoms with Gasteiger partial charge in [0, 0.05) is 18.3 Å². The van der Waals surface area contributed by atoms with E-state index < -0.39 is 0 Å². The Morgan fingerprint density at radius 3 is 2.76 bits per heavy atom. The normalized spacial score (nSPS) is 11.9. The molecule has 0 saturated carbocycles. The van der Waals surface area contributed by atoms with E-state index in [0.29, 0.717) is 12.1 Å². The van der Waals surface area contributed by atoms with Gasteiger partial charge in [0.2, 0.25) is 0 Å². The van der Waals surface area contributed by atoms with Gasteiger partial charge in [0.1, 0.15) is 6.07 Å². The van der Waals surface area contributed by atoms with Crippen LogP contribution in [0.15, 0.2) is 6.07 Å². The molecule has 4 heteroatoms. The lowest BCUT2D eigenvalue weighted by atomic mass is 10.1. The first-order valence-electron chi connectivity index (χ1n) is 5.97. The van der Waals surface area contributed by atoms with Crippen LogP contribution in [0.5, 0.6) is 0 Å². The molecule has 0 aliphatic carbocycles. The number of nitriles is 1. The van der Waals surface area contributed by atoms with Gasteiger partial charge in [-0.3, -0.25) is 4.98 Å². The van der Waals surface area contributed by atoms with Crippen LogP contribution < -0.4 is 11.1 Å². The van der Waals surface area contributed by atoms with E-state index in [1.807, 2.05) is 19.9 Å². The molecule has 0 amide bonds. The monoisotopic (exact) mass is 232 g/mol. The van der Waals surface area contributed by atoms with Crippen molar-refractivity contribution in [2.24, 2.45) is 5.73 Å². The van der Waals surface area contributed by atoms with Crippen molar-refractivity contribution in [3.05, 3.63) is 23.0 Å². The fraction of sp³-hybridized carbons (Fsp3) is 0.538. The predicted molar refractivity (Wildman–Crippen MR) is 69.8 cm³/mol. The summed E-state index contributed by atoms with van der Waals surface area (Å²) in [5.74, 6) is 0. The minimum atomic E-state index is 0.216. The zero-order chi connectivity index (χ0) is 12.8. The maximum Gasteiger partial charge on any atom is 0.103 e. The first kappa shape index (κ1) is 13.5. The molecule has 0 spiro atoms. The quantitative estimate of drug-likeness (QED) is 0.815. The van der Waals surface area contributed by atoms with Crippen LogP contribution in [0.4, 0.5) is 5.69 Å². The highest BCUT2D eigenvalue weighted by Crippen LogP contribution is 2.20. The van der Waals surface area contributed by atoms with Gasteiger partial charge in [-0.15, -0.1) is 0 Å². The van der Waals surface area contributed by atoms with Crippen LogP contribution >= 0.6 is 0 Å². The highest BCUT2D eigenvalue weighted by molar-refractivity contribution is 5.60. The number of rotatable bonds is 5. The van der Waals surface area contributed by atoms with Gasteiger partial charge in [-0.25, -0.2) is 0 Å². The van der Waals surface area contributed by atoms with Crippen molar-refractivity contribution in [3.63, 3.8) is 0 Å². The molecule has 0 aliphatic heterocycles. The van der Waals surface area contributed by atoms with E-state index in [1.54, 1.807) is 0 Å². The van der Waals surface area contributed by atoms with Crippen molar-refractivity contribution in [2.75, 3.05) is 11.9 Å². The molecule has 1 unspecified atom stereocenters. The molecule has 3 N–H and O–H groups in total. The largest absolute Gasteiger partial charge is 0.380 e. The number of nitrogens with one attached hydrogen (secondary N) is 1.